The van der Waals surface area contributed by atoms with Gasteiger partial charge < -0.3 is 9.80 Å². The molecule has 0 aromatic carbocycles. The second kappa shape index (κ2) is 7.20. The lowest BCUT2D eigenvalue weighted by Crippen LogP contribution is -2.36. The Bertz CT molecular complexity index is 419. The van der Waals surface area contributed by atoms with Crippen molar-refractivity contribution in [3.8, 4) is 0 Å². The summed E-state index contributed by atoms with van der Waals surface area (Å²) >= 11 is 1.72. The topological polar surface area (TPSA) is 35.6 Å². The van der Waals surface area contributed by atoms with Gasteiger partial charge in [-0.15, -0.1) is 11.3 Å². The molecule has 0 bridgehead atoms. The summed E-state index contributed by atoms with van der Waals surface area (Å²) < 4.78 is 0. The minimum Gasteiger partial charge on any atom is -0.319 e. The van der Waals surface area contributed by atoms with E-state index in [9.17, 15) is 4.79 Å². The molecule has 1 fully saturated rings. The van der Waals surface area contributed by atoms with Gasteiger partial charge in [0.25, 0.3) is 0 Å². The third-order valence-corrected chi connectivity index (χ3v) is 4.62. The number of carbonyl (C=O) groups is 1. The number of hydrogen-bond donors (Lipinski definition) is 1. The number of thiophene rings is 1. The number of amides is 1. The van der Waals surface area contributed by atoms with Gasteiger partial charge in [-0.1, -0.05) is 25.8 Å². The number of carbonyl (C=O) groups excluding carboxylic acids is 1. The molecular weight excluding hydrogens is 270 g/mol. The van der Waals surface area contributed by atoms with Crippen molar-refractivity contribution in [1.82, 2.24) is 15.1 Å². The van der Waals surface area contributed by atoms with Crippen LogP contribution >= 0.6 is 11.3 Å². The van der Waals surface area contributed by atoms with E-state index < -0.39 is 0 Å². The molecule has 1 saturated heterocycles. The van der Waals surface area contributed by atoms with E-state index in [1.807, 2.05) is 19.0 Å². The van der Waals surface area contributed by atoms with Gasteiger partial charge in [-0.2, -0.15) is 0 Å². The van der Waals surface area contributed by atoms with Crippen LogP contribution in [0, 0.1) is 0 Å². The smallest absolute Gasteiger partial charge is 0.241 e. The number of likely N-dealkylation sites (N-methyl/N-ethyl adjacent to an activating group) is 1. The van der Waals surface area contributed by atoms with Crippen molar-refractivity contribution in [1.29, 1.82) is 0 Å². The summed E-state index contributed by atoms with van der Waals surface area (Å²) in [5, 5.41) is 5.59. The van der Waals surface area contributed by atoms with E-state index in [1.54, 1.807) is 11.3 Å². The fourth-order valence-electron chi connectivity index (χ4n) is 2.52. The van der Waals surface area contributed by atoms with E-state index in [4.69, 9.17) is 0 Å². The maximum absolute atomic E-state index is 12.6. The summed E-state index contributed by atoms with van der Waals surface area (Å²) in [6, 6.07) is 4.15. The Morgan fingerprint density at radius 1 is 1.45 bits per heavy atom. The minimum atomic E-state index is -0.00999. The monoisotopic (exact) mass is 295 g/mol. The van der Waals surface area contributed by atoms with Crippen LogP contribution in [-0.4, -0.2) is 48.9 Å². The van der Waals surface area contributed by atoms with Crippen molar-refractivity contribution in [2.75, 3.05) is 27.2 Å². The first-order chi connectivity index (χ1) is 9.63. The highest BCUT2D eigenvalue weighted by Crippen LogP contribution is 2.29. The first-order valence-corrected chi connectivity index (χ1v) is 8.26. The third kappa shape index (κ3) is 3.59. The molecule has 2 heterocycles. The maximum atomic E-state index is 12.6. The van der Waals surface area contributed by atoms with Crippen LogP contribution in [0.1, 0.15) is 37.2 Å². The number of unbranched alkanes of at least 4 members (excludes halogenated alkanes) is 1. The lowest BCUT2D eigenvalue weighted by atomic mass is 10.1. The molecule has 20 heavy (non-hydrogen) atoms. The highest BCUT2D eigenvalue weighted by atomic mass is 32.1. The van der Waals surface area contributed by atoms with Crippen molar-refractivity contribution >= 4 is 17.2 Å². The van der Waals surface area contributed by atoms with Gasteiger partial charge in [0, 0.05) is 18.0 Å². The summed E-state index contributed by atoms with van der Waals surface area (Å²) in [6.07, 6.45) is 3.23. The average molecular weight is 295 g/mol. The average Bonchev–Trinajstić information content (AvgIpc) is 3.02. The van der Waals surface area contributed by atoms with Crippen LogP contribution in [0.25, 0.3) is 0 Å². The van der Waals surface area contributed by atoms with Gasteiger partial charge in [0.2, 0.25) is 5.91 Å². The predicted molar refractivity (Wildman–Crippen MR) is 83.8 cm³/mol. The van der Waals surface area contributed by atoms with Crippen LogP contribution in [0.2, 0.25) is 0 Å². The normalized spacial score (nSPS) is 23.0. The molecule has 0 saturated carbocycles. The Balaban J connectivity index is 2.08. The van der Waals surface area contributed by atoms with E-state index in [1.165, 1.54) is 4.88 Å². The van der Waals surface area contributed by atoms with Crippen LogP contribution in [-0.2, 0) is 4.79 Å². The van der Waals surface area contributed by atoms with Crippen LogP contribution in [0.15, 0.2) is 17.5 Å². The van der Waals surface area contributed by atoms with E-state index >= 15 is 0 Å². The number of nitrogens with one attached hydrogen (secondary N) is 1. The zero-order valence-electron chi connectivity index (χ0n) is 12.6. The summed E-state index contributed by atoms with van der Waals surface area (Å²) in [7, 11) is 4.09. The van der Waals surface area contributed by atoms with Crippen LogP contribution in [0.3, 0.4) is 0 Å². The summed E-state index contributed by atoms with van der Waals surface area (Å²) in [6.45, 7) is 3.85. The third-order valence-electron chi connectivity index (χ3n) is 3.70. The first-order valence-electron chi connectivity index (χ1n) is 7.38. The van der Waals surface area contributed by atoms with Gasteiger partial charge in [0.1, 0.15) is 6.17 Å². The van der Waals surface area contributed by atoms with Crippen molar-refractivity contribution in [3.63, 3.8) is 0 Å². The zero-order valence-corrected chi connectivity index (χ0v) is 13.4. The second-order valence-corrected chi connectivity index (χ2v) is 6.59. The number of rotatable bonds is 7. The lowest BCUT2D eigenvalue weighted by molar-refractivity contribution is -0.130. The molecule has 0 radical (unpaired) electrons. The quantitative estimate of drug-likeness (QED) is 0.838. The highest BCUT2D eigenvalue weighted by molar-refractivity contribution is 7.10. The number of nitrogens with zero attached hydrogens (tertiary/aromatic N) is 2. The Morgan fingerprint density at radius 3 is 2.85 bits per heavy atom. The molecule has 5 heteroatoms. The van der Waals surface area contributed by atoms with E-state index in [-0.39, 0.29) is 18.1 Å². The molecule has 1 aromatic rings. The van der Waals surface area contributed by atoms with Crippen molar-refractivity contribution in [2.24, 2.45) is 0 Å². The van der Waals surface area contributed by atoms with Gasteiger partial charge >= 0.3 is 0 Å². The highest BCUT2D eigenvalue weighted by Gasteiger charge is 2.39. The molecule has 0 aliphatic carbocycles. The molecule has 0 spiro atoms. The second-order valence-electron chi connectivity index (χ2n) is 5.61. The van der Waals surface area contributed by atoms with Crippen molar-refractivity contribution in [2.45, 2.75) is 38.4 Å². The molecule has 1 amide bonds. The Labute approximate surface area is 125 Å². The van der Waals surface area contributed by atoms with E-state index in [2.05, 4.69) is 34.7 Å². The standard InChI is InChI=1S/C15H25N3OS/c1-4-5-7-12-15(19)18(10-9-17(2)3)14(16-12)13-8-6-11-20-13/h6,8,11-12,14,16H,4-5,7,9-10H2,1-3H3. The molecule has 4 nitrogen and oxygen atoms in total. The SMILES string of the molecule is CCCCC1NC(c2cccs2)N(CCN(C)C)C1=O. The predicted octanol–water partition coefficient (Wildman–Crippen LogP) is 2.30. The van der Waals surface area contributed by atoms with Crippen molar-refractivity contribution < 1.29 is 4.79 Å². The first kappa shape index (κ1) is 15.5. The maximum Gasteiger partial charge on any atom is 0.241 e. The Morgan fingerprint density at radius 2 is 2.25 bits per heavy atom. The van der Waals surface area contributed by atoms with Crippen molar-refractivity contribution in [3.05, 3.63) is 22.4 Å². The molecule has 1 N–H and O–H groups in total. The minimum absolute atomic E-state index is 0.00999. The fraction of sp³-hybridized carbons (Fsp3) is 0.667. The Hall–Kier alpha value is -0.910. The van der Waals surface area contributed by atoms with Crippen LogP contribution in [0.4, 0.5) is 0 Å². The summed E-state index contributed by atoms with van der Waals surface area (Å²) in [5.41, 5.74) is 0. The molecule has 1 aromatic heterocycles. The molecule has 112 valence electrons. The molecule has 1 aliphatic rings. The van der Waals surface area contributed by atoms with Gasteiger partial charge in [0.05, 0.1) is 6.04 Å². The lowest BCUT2D eigenvalue weighted by Gasteiger charge is -2.24. The van der Waals surface area contributed by atoms with Crippen LogP contribution in [0.5, 0.6) is 0 Å². The number of hydrogen-bond acceptors (Lipinski definition) is 4. The van der Waals surface area contributed by atoms with Gasteiger partial charge in [-0.05, 0) is 32.0 Å². The van der Waals surface area contributed by atoms with E-state index in [0.717, 1.165) is 32.4 Å². The van der Waals surface area contributed by atoms with E-state index in [0.29, 0.717) is 0 Å². The molecule has 2 unspecified atom stereocenters. The molecule has 1 aliphatic heterocycles. The summed E-state index contributed by atoms with van der Waals surface area (Å²) in [5.74, 6) is 0.263. The summed E-state index contributed by atoms with van der Waals surface area (Å²) in [4.78, 5) is 17.9. The van der Waals surface area contributed by atoms with Crippen LogP contribution < -0.4 is 5.32 Å². The molecular formula is C15H25N3OS. The van der Waals surface area contributed by atoms with Gasteiger partial charge in [-0.25, -0.2) is 0 Å². The molecule has 2 rings (SSSR count). The van der Waals surface area contributed by atoms with Gasteiger partial charge in [-0.3, -0.25) is 10.1 Å². The molecule has 2 atom stereocenters. The van der Waals surface area contributed by atoms with Gasteiger partial charge in [0.15, 0.2) is 0 Å². The fourth-order valence-corrected chi connectivity index (χ4v) is 3.32. The Kier molecular flexibility index (Phi) is 5.57. The largest absolute Gasteiger partial charge is 0.319 e. The zero-order chi connectivity index (χ0) is 14.5.